The number of thioether (sulfide) groups is 1. The van der Waals surface area contributed by atoms with Crippen LogP contribution in [0.1, 0.15) is 21.6 Å². The van der Waals surface area contributed by atoms with Crippen LogP contribution in [0, 0.1) is 13.8 Å². The maximum atomic E-state index is 13.0. The van der Waals surface area contributed by atoms with E-state index in [1.165, 1.54) is 16.7 Å². The van der Waals surface area contributed by atoms with E-state index in [9.17, 15) is 9.59 Å². The molecule has 1 unspecified atom stereocenters. The minimum absolute atomic E-state index is 0.176. The molecule has 29 heavy (non-hydrogen) atoms. The van der Waals surface area contributed by atoms with Crippen molar-refractivity contribution >= 4 is 29.3 Å². The van der Waals surface area contributed by atoms with E-state index < -0.39 is 6.04 Å². The third-order valence-electron chi connectivity index (χ3n) is 4.90. The van der Waals surface area contributed by atoms with Crippen molar-refractivity contribution in [2.45, 2.75) is 19.9 Å². The largest absolute Gasteiger partial charge is 0.355 e. The SMILES string of the molecule is Cc1ccc(NC(=O)C2CSCN2C(=O)c2cc(-c3cccnc3)on2)cc1C. The van der Waals surface area contributed by atoms with Crippen LogP contribution in [0.5, 0.6) is 0 Å². The average Bonchev–Trinajstić information content (AvgIpc) is 3.41. The summed E-state index contributed by atoms with van der Waals surface area (Å²) in [5.41, 5.74) is 3.89. The van der Waals surface area contributed by atoms with Crippen LogP contribution in [0.2, 0.25) is 0 Å². The van der Waals surface area contributed by atoms with Crippen LogP contribution in [0.25, 0.3) is 11.3 Å². The van der Waals surface area contributed by atoms with Gasteiger partial charge in [-0.3, -0.25) is 14.6 Å². The molecular weight excluding hydrogens is 388 g/mol. The molecule has 4 rings (SSSR count). The zero-order chi connectivity index (χ0) is 20.4. The van der Waals surface area contributed by atoms with E-state index in [0.717, 1.165) is 22.4 Å². The van der Waals surface area contributed by atoms with E-state index in [-0.39, 0.29) is 17.5 Å². The second-order valence-corrected chi connectivity index (χ2v) is 7.90. The highest BCUT2D eigenvalue weighted by Gasteiger charge is 2.36. The molecule has 0 bridgehead atoms. The zero-order valence-corrected chi connectivity index (χ0v) is 16.9. The molecule has 1 N–H and O–H groups in total. The smallest absolute Gasteiger partial charge is 0.277 e. The minimum Gasteiger partial charge on any atom is -0.355 e. The van der Waals surface area contributed by atoms with E-state index in [0.29, 0.717) is 17.4 Å². The third kappa shape index (κ3) is 4.02. The fourth-order valence-electron chi connectivity index (χ4n) is 3.07. The summed E-state index contributed by atoms with van der Waals surface area (Å²) in [6.45, 7) is 4.02. The van der Waals surface area contributed by atoms with Gasteiger partial charge in [0.1, 0.15) is 6.04 Å². The van der Waals surface area contributed by atoms with Crippen molar-refractivity contribution in [2.75, 3.05) is 16.9 Å². The molecule has 0 aliphatic carbocycles. The van der Waals surface area contributed by atoms with Gasteiger partial charge in [-0.15, -0.1) is 11.8 Å². The molecule has 1 saturated heterocycles. The van der Waals surface area contributed by atoms with Crippen molar-refractivity contribution < 1.29 is 14.1 Å². The van der Waals surface area contributed by atoms with Crippen molar-refractivity contribution in [1.29, 1.82) is 0 Å². The van der Waals surface area contributed by atoms with Crippen LogP contribution >= 0.6 is 11.8 Å². The van der Waals surface area contributed by atoms with E-state index in [1.54, 1.807) is 24.5 Å². The highest BCUT2D eigenvalue weighted by atomic mass is 32.2. The van der Waals surface area contributed by atoms with Crippen LogP contribution in [-0.2, 0) is 4.79 Å². The predicted octanol–water partition coefficient (Wildman–Crippen LogP) is 3.51. The molecule has 2 aromatic heterocycles. The van der Waals surface area contributed by atoms with Gasteiger partial charge in [-0.25, -0.2) is 0 Å². The summed E-state index contributed by atoms with van der Waals surface area (Å²) in [5.74, 6) is 0.899. The second kappa shape index (κ2) is 8.08. The Balaban J connectivity index is 1.49. The van der Waals surface area contributed by atoms with Gasteiger partial charge in [0.2, 0.25) is 5.91 Å². The van der Waals surface area contributed by atoms with Gasteiger partial charge in [-0.05, 0) is 49.2 Å². The first-order chi connectivity index (χ1) is 14.0. The number of aryl methyl sites for hydroxylation is 2. The summed E-state index contributed by atoms with van der Waals surface area (Å²) >= 11 is 1.54. The van der Waals surface area contributed by atoms with Crippen molar-refractivity contribution in [1.82, 2.24) is 15.0 Å². The molecule has 8 heteroatoms. The third-order valence-corrected chi connectivity index (χ3v) is 5.91. The van der Waals surface area contributed by atoms with Crippen molar-refractivity contribution in [2.24, 2.45) is 0 Å². The first kappa shape index (κ1) is 19.2. The summed E-state index contributed by atoms with van der Waals surface area (Å²) in [5, 5.41) is 6.82. The number of pyridine rings is 1. The monoisotopic (exact) mass is 408 g/mol. The molecule has 1 aliphatic heterocycles. The first-order valence-electron chi connectivity index (χ1n) is 9.17. The molecule has 2 amide bonds. The molecule has 1 atom stereocenters. The number of rotatable bonds is 4. The summed E-state index contributed by atoms with van der Waals surface area (Å²) in [6, 6.07) is 10.4. The molecule has 0 spiro atoms. The van der Waals surface area contributed by atoms with Crippen molar-refractivity contribution in [3.63, 3.8) is 0 Å². The molecule has 1 aromatic carbocycles. The Morgan fingerprint density at radius 1 is 1.21 bits per heavy atom. The number of carbonyl (C=O) groups excluding carboxylic acids is 2. The van der Waals surface area contributed by atoms with E-state index in [2.05, 4.69) is 15.5 Å². The number of amides is 2. The molecular formula is C21H20N4O3S. The Bertz CT molecular complexity index is 1050. The molecule has 1 fully saturated rings. The number of aromatic nitrogens is 2. The van der Waals surface area contributed by atoms with Crippen LogP contribution in [-0.4, -0.2) is 44.5 Å². The summed E-state index contributed by atoms with van der Waals surface area (Å²) < 4.78 is 5.30. The molecule has 3 aromatic rings. The summed E-state index contributed by atoms with van der Waals surface area (Å²) in [7, 11) is 0. The first-order valence-corrected chi connectivity index (χ1v) is 10.3. The Morgan fingerprint density at radius 2 is 2.07 bits per heavy atom. The highest BCUT2D eigenvalue weighted by molar-refractivity contribution is 7.99. The lowest BCUT2D eigenvalue weighted by atomic mass is 10.1. The maximum Gasteiger partial charge on any atom is 0.277 e. The van der Waals surface area contributed by atoms with E-state index >= 15 is 0 Å². The van der Waals surface area contributed by atoms with Crippen LogP contribution in [0.15, 0.2) is 53.3 Å². The Labute approximate surface area is 172 Å². The van der Waals surface area contributed by atoms with Crippen LogP contribution in [0.4, 0.5) is 5.69 Å². The van der Waals surface area contributed by atoms with Gasteiger partial charge in [0, 0.05) is 35.5 Å². The fourth-order valence-corrected chi connectivity index (χ4v) is 4.23. The molecule has 0 saturated carbocycles. The normalized spacial score (nSPS) is 16.1. The summed E-state index contributed by atoms with van der Waals surface area (Å²) in [4.78, 5) is 31.3. The second-order valence-electron chi connectivity index (χ2n) is 6.90. The zero-order valence-electron chi connectivity index (χ0n) is 16.1. The number of hydrogen-bond acceptors (Lipinski definition) is 6. The highest BCUT2D eigenvalue weighted by Crippen LogP contribution is 2.26. The van der Waals surface area contributed by atoms with E-state index in [1.807, 2.05) is 38.1 Å². The minimum atomic E-state index is -0.562. The van der Waals surface area contributed by atoms with Gasteiger partial charge in [0.05, 0.1) is 5.88 Å². The van der Waals surface area contributed by atoms with Gasteiger partial charge < -0.3 is 14.7 Å². The van der Waals surface area contributed by atoms with Crippen molar-refractivity contribution in [3.05, 3.63) is 65.6 Å². The molecule has 1 aliphatic rings. The Morgan fingerprint density at radius 3 is 2.83 bits per heavy atom. The van der Waals surface area contributed by atoms with Gasteiger partial charge in [0.25, 0.3) is 5.91 Å². The Kier molecular flexibility index (Phi) is 5.35. The number of nitrogens with zero attached hydrogens (tertiary/aromatic N) is 3. The van der Waals surface area contributed by atoms with Gasteiger partial charge >= 0.3 is 0 Å². The number of nitrogens with one attached hydrogen (secondary N) is 1. The maximum absolute atomic E-state index is 13.0. The lowest BCUT2D eigenvalue weighted by molar-refractivity contribution is -0.119. The number of anilines is 1. The number of carbonyl (C=O) groups is 2. The lowest BCUT2D eigenvalue weighted by Crippen LogP contribution is -2.44. The van der Waals surface area contributed by atoms with Crippen LogP contribution < -0.4 is 5.32 Å². The summed E-state index contributed by atoms with van der Waals surface area (Å²) in [6.07, 6.45) is 3.30. The molecule has 7 nitrogen and oxygen atoms in total. The molecule has 3 heterocycles. The standard InChI is InChI=1S/C21H20N4O3S/c1-13-5-6-16(8-14(13)2)23-20(26)18-11-29-12-25(18)21(27)17-9-19(28-24-17)15-4-3-7-22-10-15/h3-10,18H,11-12H2,1-2H3,(H,23,26). The molecule has 148 valence electrons. The molecule has 0 radical (unpaired) electrons. The van der Waals surface area contributed by atoms with E-state index in [4.69, 9.17) is 4.52 Å². The lowest BCUT2D eigenvalue weighted by Gasteiger charge is -2.22. The number of benzene rings is 1. The van der Waals surface area contributed by atoms with Gasteiger partial charge in [-0.2, -0.15) is 0 Å². The topological polar surface area (TPSA) is 88.3 Å². The van der Waals surface area contributed by atoms with Crippen LogP contribution in [0.3, 0.4) is 0 Å². The number of hydrogen-bond donors (Lipinski definition) is 1. The fraction of sp³-hybridized carbons (Fsp3) is 0.238. The van der Waals surface area contributed by atoms with Gasteiger partial charge in [-0.1, -0.05) is 11.2 Å². The van der Waals surface area contributed by atoms with Crippen molar-refractivity contribution in [3.8, 4) is 11.3 Å². The Hall–Kier alpha value is -3.13. The van der Waals surface area contributed by atoms with Gasteiger partial charge in [0.15, 0.2) is 11.5 Å². The quantitative estimate of drug-likeness (QED) is 0.711. The average molecular weight is 408 g/mol. The predicted molar refractivity (Wildman–Crippen MR) is 112 cm³/mol.